The molecule has 4 aromatic carbocycles. The molecule has 0 aliphatic carbocycles. The quantitative estimate of drug-likeness (QED) is 0.150. The van der Waals surface area contributed by atoms with Crippen LogP contribution in [0.3, 0.4) is 0 Å². The largest absolute Gasteiger partial charge is 2.00 e. The molecule has 0 spiro atoms. The second-order valence-corrected chi connectivity index (χ2v) is 15.2. The summed E-state index contributed by atoms with van der Waals surface area (Å²) in [6.45, 7) is 15.6. The molecule has 0 atom stereocenters. The normalized spacial score (nSPS) is 12.2. The molecule has 0 aliphatic heterocycles. The number of ether oxygens (including phenoxy) is 1. The molecule has 7 heteroatoms. The Morgan fingerprint density at radius 3 is 2.31 bits per heavy atom. The van der Waals surface area contributed by atoms with Gasteiger partial charge in [0.15, 0.2) is 0 Å². The average Bonchev–Trinajstić information content (AvgIpc) is 3.81. The second kappa shape index (κ2) is 12.6. The van der Waals surface area contributed by atoms with Crippen molar-refractivity contribution in [3.63, 3.8) is 0 Å². The summed E-state index contributed by atoms with van der Waals surface area (Å²) in [7, 11) is 0. The number of benzene rings is 4. The molecule has 0 radical (unpaired) electrons. The van der Waals surface area contributed by atoms with Crippen LogP contribution in [0.2, 0.25) is 0 Å². The molecule has 8 aromatic rings. The first-order valence-corrected chi connectivity index (χ1v) is 17.4. The van der Waals surface area contributed by atoms with Gasteiger partial charge in [0.1, 0.15) is 5.58 Å². The first kappa shape index (κ1) is 33.3. The van der Waals surface area contributed by atoms with Crippen molar-refractivity contribution in [3.8, 4) is 39.8 Å². The van der Waals surface area contributed by atoms with Crippen molar-refractivity contribution in [1.29, 1.82) is 0 Å². The van der Waals surface area contributed by atoms with Gasteiger partial charge in [-0.2, -0.15) is 11.3 Å². The van der Waals surface area contributed by atoms with Gasteiger partial charge in [-0.15, -0.1) is 23.8 Å². The maximum absolute atomic E-state index is 6.75. The van der Waals surface area contributed by atoms with Gasteiger partial charge in [0.05, 0.1) is 17.2 Å². The molecule has 4 heterocycles. The van der Waals surface area contributed by atoms with Crippen molar-refractivity contribution in [3.05, 3.63) is 114 Å². The van der Waals surface area contributed by atoms with Gasteiger partial charge in [-0.05, 0) is 67.9 Å². The molecule has 0 N–H and O–H groups in total. The summed E-state index contributed by atoms with van der Waals surface area (Å²) in [5, 5.41) is 2.17. The molecule has 0 amide bonds. The van der Waals surface area contributed by atoms with Crippen molar-refractivity contribution < 1.29 is 30.2 Å². The van der Waals surface area contributed by atoms with Crippen LogP contribution in [0.1, 0.15) is 77.0 Å². The first-order chi connectivity index (χ1) is 23.1. The van der Waals surface area contributed by atoms with E-state index in [2.05, 4.69) is 108 Å². The predicted molar refractivity (Wildman–Crippen MR) is 197 cm³/mol. The van der Waals surface area contributed by atoms with Crippen LogP contribution < -0.4 is 4.74 Å². The molecule has 8 rings (SSSR count). The molecular formula is C42H37N3O2PtS. The number of rotatable bonds is 7. The van der Waals surface area contributed by atoms with Gasteiger partial charge in [-0.25, -0.2) is 0 Å². The molecular weight excluding hydrogens is 806 g/mol. The van der Waals surface area contributed by atoms with Gasteiger partial charge < -0.3 is 18.7 Å². The van der Waals surface area contributed by atoms with E-state index < -0.39 is 0 Å². The zero-order valence-electron chi connectivity index (χ0n) is 28.6. The predicted octanol–water partition coefficient (Wildman–Crippen LogP) is 12.1. The van der Waals surface area contributed by atoms with Crippen LogP contribution in [-0.2, 0) is 26.5 Å². The Hall–Kier alpha value is -4.25. The van der Waals surface area contributed by atoms with Crippen molar-refractivity contribution in [2.75, 3.05) is 0 Å². The van der Waals surface area contributed by atoms with Gasteiger partial charge in [0.25, 0.3) is 0 Å². The molecule has 0 aliphatic rings. The van der Waals surface area contributed by atoms with Gasteiger partial charge in [-0.1, -0.05) is 96.5 Å². The smallest absolute Gasteiger partial charge is 0.500 e. The van der Waals surface area contributed by atoms with Crippen molar-refractivity contribution in [2.24, 2.45) is 0 Å². The number of pyridine rings is 1. The first-order valence-electron chi connectivity index (χ1n) is 16.5. The fraction of sp³-hybridized carbons (Fsp3) is 0.238. The molecule has 0 fully saturated rings. The third kappa shape index (κ3) is 5.69. The number of imidazole rings is 1. The fourth-order valence-electron chi connectivity index (χ4n) is 6.65. The number of thiophene rings is 1. The van der Waals surface area contributed by atoms with Crippen molar-refractivity contribution in [1.82, 2.24) is 14.5 Å². The molecule has 0 saturated carbocycles. The number of aromatic nitrogens is 3. The number of hydrogen-bond acceptors (Lipinski definition) is 5. The van der Waals surface area contributed by atoms with E-state index in [0.717, 1.165) is 54.0 Å². The van der Waals surface area contributed by atoms with Crippen LogP contribution >= 0.6 is 11.3 Å². The zero-order valence-corrected chi connectivity index (χ0v) is 31.7. The third-order valence-corrected chi connectivity index (χ3v) is 10.3. The van der Waals surface area contributed by atoms with Crippen LogP contribution in [0.25, 0.3) is 59.7 Å². The fourth-order valence-corrected chi connectivity index (χ4v) is 7.80. The summed E-state index contributed by atoms with van der Waals surface area (Å²) in [4.78, 5) is 9.63. The Morgan fingerprint density at radius 2 is 1.57 bits per heavy atom. The zero-order chi connectivity index (χ0) is 33.3. The summed E-state index contributed by atoms with van der Waals surface area (Å²) in [6, 6.07) is 30.2. The summed E-state index contributed by atoms with van der Waals surface area (Å²) >= 11 is 1.70. The van der Waals surface area contributed by atoms with Crippen LogP contribution in [0.5, 0.6) is 11.5 Å². The standard InChI is InChI=1S/C42H37N3O2S.Pt/c1-24(2)29-13-9-14-30(25(3)4)38(29)45-20-19-44-41(45)26-11-8-12-28(21-26)46-34-23-31(32-22-27(17-18-43-32)42(5,6)7)39-37-36-33(47-39)15-10-16-35(36)48-40(34)37;/h8-20,22,24-25H,1-7H3;/q-2;+2. The van der Waals surface area contributed by atoms with Crippen LogP contribution in [0.15, 0.2) is 89.7 Å². The van der Waals surface area contributed by atoms with E-state index in [0.29, 0.717) is 23.3 Å². The van der Waals surface area contributed by atoms with Gasteiger partial charge >= 0.3 is 21.1 Å². The van der Waals surface area contributed by atoms with Crippen molar-refractivity contribution >= 4 is 42.7 Å². The molecule has 49 heavy (non-hydrogen) atoms. The van der Waals surface area contributed by atoms with Crippen LogP contribution in [0.4, 0.5) is 0 Å². The number of hydrogen-bond donors (Lipinski definition) is 0. The van der Waals surface area contributed by atoms with E-state index in [1.165, 1.54) is 22.4 Å². The molecule has 0 saturated heterocycles. The summed E-state index contributed by atoms with van der Waals surface area (Å²) in [5.74, 6) is 2.76. The molecule has 4 aromatic heterocycles. The molecule has 5 nitrogen and oxygen atoms in total. The Labute approximate surface area is 305 Å². The third-order valence-electron chi connectivity index (χ3n) is 9.12. The Bertz CT molecular complexity index is 2420. The summed E-state index contributed by atoms with van der Waals surface area (Å²) in [6.07, 6.45) is 5.78. The van der Waals surface area contributed by atoms with E-state index in [1.54, 1.807) is 11.3 Å². The Morgan fingerprint density at radius 1 is 0.837 bits per heavy atom. The van der Waals surface area contributed by atoms with E-state index in [9.17, 15) is 0 Å². The molecule has 248 valence electrons. The van der Waals surface area contributed by atoms with E-state index in [-0.39, 0.29) is 26.5 Å². The van der Waals surface area contributed by atoms with Gasteiger partial charge in [-0.3, -0.25) is 4.98 Å². The number of para-hydroxylation sites is 1. The number of furan rings is 1. The topological polar surface area (TPSA) is 53.1 Å². The monoisotopic (exact) mass is 842 g/mol. The maximum Gasteiger partial charge on any atom is 2.00 e. The van der Waals surface area contributed by atoms with Gasteiger partial charge in [0.2, 0.25) is 0 Å². The molecule has 0 unspecified atom stereocenters. The van der Waals surface area contributed by atoms with E-state index in [1.807, 2.05) is 42.7 Å². The van der Waals surface area contributed by atoms with E-state index >= 15 is 0 Å². The number of nitrogens with zero attached hydrogens (tertiary/aromatic N) is 3. The Kier molecular flexibility index (Phi) is 8.53. The van der Waals surface area contributed by atoms with E-state index in [4.69, 9.17) is 19.1 Å². The summed E-state index contributed by atoms with van der Waals surface area (Å²) < 4.78 is 17.6. The maximum atomic E-state index is 6.75. The minimum atomic E-state index is -0.0341. The average molecular weight is 843 g/mol. The van der Waals surface area contributed by atoms with Crippen LogP contribution in [-0.4, -0.2) is 14.5 Å². The van der Waals surface area contributed by atoms with Crippen molar-refractivity contribution in [2.45, 2.75) is 65.7 Å². The minimum absolute atomic E-state index is 0. The van der Waals surface area contributed by atoms with Gasteiger partial charge in [0, 0.05) is 40.1 Å². The Balaban J connectivity index is 0.00000378. The SMILES string of the molecule is CC(C)c1cccc(C(C)C)c1-n1ccnc1-c1[c-]c(Oc2[c-]c(-c3cc(C(C)(C)C)ccn3)c3oc4cccc5sc2c3c45)ccc1.[Pt+2]. The van der Waals surface area contributed by atoms with Crippen LogP contribution in [0, 0.1) is 12.1 Å². The molecule has 0 bridgehead atoms. The minimum Gasteiger partial charge on any atom is -0.500 e. The second-order valence-electron chi connectivity index (χ2n) is 14.1. The summed E-state index contributed by atoms with van der Waals surface area (Å²) in [5.41, 5.74) is 9.02.